The minimum atomic E-state index is -0.154. The van der Waals surface area contributed by atoms with E-state index in [1.807, 2.05) is 31.2 Å². The van der Waals surface area contributed by atoms with Gasteiger partial charge in [0.1, 0.15) is 11.9 Å². The zero-order chi connectivity index (χ0) is 13.8. The lowest BCUT2D eigenvalue weighted by atomic mass is 10.1. The molecule has 1 aromatic carbocycles. The van der Waals surface area contributed by atoms with Crippen LogP contribution in [0.3, 0.4) is 0 Å². The van der Waals surface area contributed by atoms with Crippen molar-refractivity contribution in [3.05, 3.63) is 50.6 Å². The largest absolute Gasteiger partial charge is 0.489 e. The van der Waals surface area contributed by atoms with Crippen molar-refractivity contribution >= 4 is 34.5 Å². The summed E-state index contributed by atoms with van der Waals surface area (Å²) in [4.78, 5) is 1.03. The van der Waals surface area contributed by atoms with E-state index in [0.717, 1.165) is 9.21 Å². The highest BCUT2D eigenvalue weighted by Gasteiger charge is 2.21. The second-order valence-electron chi connectivity index (χ2n) is 4.07. The van der Waals surface area contributed by atoms with E-state index in [9.17, 15) is 0 Å². The van der Waals surface area contributed by atoms with Crippen LogP contribution in [0, 0.1) is 0 Å². The Bertz CT molecular complexity index is 547. The first kappa shape index (κ1) is 14.6. The molecule has 0 aliphatic rings. The van der Waals surface area contributed by atoms with Gasteiger partial charge >= 0.3 is 0 Å². The van der Waals surface area contributed by atoms with Crippen LogP contribution in [0.2, 0.25) is 9.36 Å². The number of halogens is 2. The summed E-state index contributed by atoms with van der Waals surface area (Å²) >= 11 is 13.3. The number of ether oxygens (including phenoxy) is 1. The fraction of sp³-hybridized carbons (Fsp3) is 0.231. The lowest BCUT2D eigenvalue weighted by molar-refractivity contribution is 0.173. The molecular weight excluding hydrogens is 303 g/mol. The van der Waals surface area contributed by atoms with Gasteiger partial charge in [-0.3, -0.25) is 5.84 Å². The van der Waals surface area contributed by atoms with Crippen molar-refractivity contribution in [2.24, 2.45) is 5.84 Å². The maximum Gasteiger partial charge on any atom is 0.121 e. The molecule has 0 spiro atoms. The highest BCUT2D eigenvalue weighted by Crippen LogP contribution is 2.30. The SMILES string of the molecule is CC(Oc1cccc(Cl)c1)C(NN)c1ccc(Cl)s1. The van der Waals surface area contributed by atoms with Gasteiger partial charge in [-0.1, -0.05) is 29.3 Å². The summed E-state index contributed by atoms with van der Waals surface area (Å²) in [5.74, 6) is 6.32. The predicted molar refractivity (Wildman–Crippen MR) is 80.9 cm³/mol. The lowest BCUT2D eigenvalue weighted by Gasteiger charge is -2.23. The van der Waals surface area contributed by atoms with Crippen LogP contribution in [0.5, 0.6) is 5.75 Å². The number of hydrazine groups is 1. The maximum atomic E-state index is 5.94. The summed E-state index contributed by atoms with van der Waals surface area (Å²) in [6, 6.07) is 10.9. The average molecular weight is 317 g/mol. The van der Waals surface area contributed by atoms with E-state index >= 15 is 0 Å². The summed E-state index contributed by atoms with van der Waals surface area (Å²) in [5, 5.41) is 0.640. The minimum absolute atomic E-state index is 0.128. The van der Waals surface area contributed by atoms with Crippen LogP contribution in [-0.2, 0) is 0 Å². The first-order chi connectivity index (χ1) is 9.10. The second-order valence-corrected chi connectivity index (χ2v) is 6.25. The van der Waals surface area contributed by atoms with Crippen LogP contribution in [-0.4, -0.2) is 6.10 Å². The van der Waals surface area contributed by atoms with E-state index in [2.05, 4.69) is 5.43 Å². The molecular formula is C13H14Cl2N2OS. The summed E-state index contributed by atoms with van der Waals surface area (Å²) in [6.07, 6.45) is -0.154. The highest BCUT2D eigenvalue weighted by atomic mass is 35.5. The van der Waals surface area contributed by atoms with Crippen molar-refractivity contribution in [3.8, 4) is 5.75 Å². The van der Waals surface area contributed by atoms with E-state index in [0.29, 0.717) is 10.8 Å². The summed E-state index contributed by atoms with van der Waals surface area (Å²) in [6.45, 7) is 1.94. The maximum absolute atomic E-state index is 5.94. The van der Waals surface area contributed by atoms with Gasteiger partial charge in [0.2, 0.25) is 0 Å². The quantitative estimate of drug-likeness (QED) is 0.646. The normalized spacial score (nSPS) is 14.1. The Morgan fingerprint density at radius 2 is 2.05 bits per heavy atom. The summed E-state index contributed by atoms with van der Waals surface area (Å²) in [5.41, 5.74) is 2.76. The van der Waals surface area contributed by atoms with E-state index in [-0.39, 0.29) is 12.1 Å². The smallest absolute Gasteiger partial charge is 0.121 e. The molecule has 102 valence electrons. The Balaban J connectivity index is 2.11. The lowest BCUT2D eigenvalue weighted by Crippen LogP contribution is -2.37. The number of hydrogen-bond donors (Lipinski definition) is 2. The van der Waals surface area contributed by atoms with Gasteiger partial charge in [-0.15, -0.1) is 11.3 Å². The number of rotatable bonds is 5. The molecule has 0 amide bonds. The van der Waals surface area contributed by atoms with Gasteiger partial charge in [0.25, 0.3) is 0 Å². The Morgan fingerprint density at radius 1 is 1.26 bits per heavy atom. The molecule has 2 atom stereocenters. The van der Waals surface area contributed by atoms with Gasteiger partial charge in [-0.25, -0.2) is 5.43 Å². The van der Waals surface area contributed by atoms with Gasteiger partial charge in [0.05, 0.1) is 10.4 Å². The number of benzene rings is 1. The van der Waals surface area contributed by atoms with Gasteiger partial charge in [0.15, 0.2) is 0 Å². The predicted octanol–water partition coefficient (Wildman–Crippen LogP) is 4.03. The third kappa shape index (κ3) is 3.84. The molecule has 0 saturated heterocycles. The summed E-state index contributed by atoms with van der Waals surface area (Å²) in [7, 11) is 0. The van der Waals surface area contributed by atoms with Crippen LogP contribution >= 0.6 is 34.5 Å². The molecule has 0 aliphatic carbocycles. The topological polar surface area (TPSA) is 47.3 Å². The van der Waals surface area contributed by atoms with Crippen molar-refractivity contribution in [2.75, 3.05) is 0 Å². The van der Waals surface area contributed by atoms with Crippen molar-refractivity contribution < 1.29 is 4.74 Å². The molecule has 2 unspecified atom stereocenters. The Hall–Kier alpha value is -0.780. The first-order valence-corrected chi connectivity index (χ1v) is 7.31. The number of hydrogen-bond acceptors (Lipinski definition) is 4. The van der Waals surface area contributed by atoms with Gasteiger partial charge in [0, 0.05) is 9.90 Å². The van der Waals surface area contributed by atoms with Crippen molar-refractivity contribution in [3.63, 3.8) is 0 Å². The molecule has 0 aliphatic heterocycles. The molecule has 0 fully saturated rings. The highest BCUT2D eigenvalue weighted by molar-refractivity contribution is 7.16. The fourth-order valence-corrected chi connectivity index (χ4v) is 3.16. The molecule has 19 heavy (non-hydrogen) atoms. The van der Waals surface area contributed by atoms with Crippen LogP contribution in [0.1, 0.15) is 17.8 Å². The van der Waals surface area contributed by atoms with Crippen LogP contribution < -0.4 is 16.0 Å². The third-order valence-electron chi connectivity index (χ3n) is 2.67. The zero-order valence-electron chi connectivity index (χ0n) is 10.3. The molecule has 0 radical (unpaired) electrons. The molecule has 3 N–H and O–H groups in total. The molecule has 1 aromatic heterocycles. The number of nitrogens with two attached hydrogens (primary N) is 1. The molecule has 0 bridgehead atoms. The molecule has 2 aromatic rings. The van der Waals surface area contributed by atoms with E-state index in [4.69, 9.17) is 33.8 Å². The molecule has 6 heteroatoms. The molecule has 2 rings (SSSR count). The van der Waals surface area contributed by atoms with Crippen LogP contribution in [0.15, 0.2) is 36.4 Å². The average Bonchev–Trinajstić information content (AvgIpc) is 2.76. The molecule has 3 nitrogen and oxygen atoms in total. The van der Waals surface area contributed by atoms with Crippen LogP contribution in [0.25, 0.3) is 0 Å². The molecule has 0 saturated carbocycles. The van der Waals surface area contributed by atoms with Crippen molar-refractivity contribution in [1.82, 2.24) is 5.43 Å². The Kier molecular flexibility index (Phi) is 5.07. The number of nitrogens with one attached hydrogen (secondary N) is 1. The Morgan fingerprint density at radius 3 is 2.63 bits per heavy atom. The fourth-order valence-electron chi connectivity index (χ4n) is 1.77. The van der Waals surface area contributed by atoms with E-state index < -0.39 is 0 Å². The second kappa shape index (κ2) is 6.59. The number of thiophene rings is 1. The van der Waals surface area contributed by atoms with Crippen molar-refractivity contribution in [2.45, 2.75) is 19.1 Å². The van der Waals surface area contributed by atoms with Gasteiger partial charge < -0.3 is 4.74 Å². The monoisotopic (exact) mass is 316 g/mol. The van der Waals surface area contributed by atoms with E-state index in [1.165, 1.54) is 11.3 Å². The standard InChI is InChI=1S/C13H14Cl2N2OS/c1-8(18-10-4-2-3-9(14)7-10)13(17-16)11-5-6-12(15)19-11/h2-8,13,17H,16H2,1H3. The first-order valence-electron chi connectivity index (χ1n) is 5.73. The van der Waals surface area contributed by atoms with Gasteiger partial charge in [-0.05, 0) is 37.3 Å². The third-order valence-corrected chi connectivity index (χ3v) is 4.22. The zero-order valence-corrected chi connectivity index (χ0v) is 12.6. The van der Waals surface area contributed by atoms with E-state index in [1.54, 1.807) is 12.1 Å². The Labute approximate surface area is 126 Å². The molecule has 1 heterocycles. The van der Waals surface area contributed by atoms with Crippen LogP contribution in [0.4, 0.5) is 0 Å². The summed E-state index contributed by atoms with van der Waals surface area (Å²) < 4.78 is 6.58. The minimum Gasteiger partial charge on any atom is -0.489 e. The van der Waals surface area contributed by atoms with Gasteiger partial charge in [-0.2, -0.15) is 0 Å². The van der Waals surface area contributed by atoms with Crippen molar-refractivity contribution in [1.29, 1.82) is 0 Å².